The Morgan fingerprint density at radius 3 is 2.69 bits per heavy atom. The quantitative estimate of drug-likeness (QED) is 0.231. The molecule has 1 amide bonds. The number of nitrogens with zero attached hydrogens (tertiary/aromatic N) is 1. The largest absolute Gasteiger partial charge is 0.465 e. The summed E-state index contributed by atoms with van der Waals surface area (Å²) in [6, 6.07) is 10.7. The number of fused-ring (bicyclic) bond motifs is 4. The smallest absolute Gasteiger partial charge is 0.341 e. The number of ether oxygens (including phenoxy) is 1. The lowest BCUT2D eigenvalue weighted by Gasteiger charge is -2.15. The lowest BCUT2D eigenvalue weighted by Crippen LogP contribution is -2.23. The van der Waals surface area contributed by atoms with Gasteiger partial charge in [-0.15, -0.1) is 34.4 Å². The number of amides is 1. The second kappa shape index (κ2) is 10.2. The lowest BCUT2D eigenvalue weighted by atomic mass is 9.90. The van der Waals surface area contributed by atoms with E-state index in [1.54, 1.807) is 11.3 Å². The average molecular weight is 523 g/mol. The van der Waals surface area contributed by atoms with Crippen LogP contribution in [0.1, 0.15) is 63.7 Å². The predicted molar refractivity (Wildman–Crippen MR) is 143 cm³/mol. The summed E-state index contributed by atoms with van der Waals surface area (Å²) in [5, 5.41) is 13.1. The first-order valence-electron chi connectivity index (χ1n) is 11.9. The molecule has 2 heterocycles. The number of carbonyl (C=O) groups is 2. The maximum atomic E-state index is 13.2. The number of methoxy groups -OCH3 is 1. The molecule has 1 unspecified atom stereocenters. The Bertz CT molecular complexity index is 1350. The third-order valence-corrected chi connectivity index (χ3v) is 10.5. The Labute approximate surface area is 217 Å². The van der Waals surface area contributed by atoms with Crippen LogP contribution in [0.3, 0.4) is 0 Å². The van der Waals surface area contributed by atoms with E-state index in [9.17, 15) is 14.9 Å². The molecule has 0 spiro atoms. The third-order valence-electron chi connectivity index (χ3n) is 6.69. The number of nitrogens with one attached hydrogen (secondary N) is 1. The van der Waals surface area contributed by atoms with Crippen LogP contribution in [-0.2, 0) is 35.2 Å². The van der Waals surface area contributed by atoms with E-state index in [0.29, 0.717) is 16.1 Å². The molecule has 1 aromatic carbocycles. The van der Waals surface area contributed by atoms with Crippen LogP contribution in [0, 0.1) is 11.3 Å². The first kappa shape index (κ1) is 24.1. The lowest BCUT2D eigenvalue weighted by molar-refractivity contribution is -0.115. The number of thiophene rings is 2. The zero-order valence-corrected chi connectivity index (χ0v) is 22.2. The van der Waals surface area contributed by atoms with Crippen LogP contribution in [0.2, 0.25) is 0 Å². The standard InChI is InChI=1S/C27H26N2O3S3/c1-15(24(30)29-25-22(26(31)32-2)19-10-4-3-5-11-21(19)34-25)33-27-20(14-28)18-13-12-16-8-6-7-9-17(16)23(18)35-27/h6-9,15H,3-5,10-13H2,1-2H3,(H,29,30). The molecule has 3 aromatic rings. The minimum Gasteiger partial charge on any atom is -0.465 e. The summed E-state index contributed by atoms with van der Waals surface area (Å²) in [6.07, 6.45) is 6.81. The van der Waals surface area contributed by atoms with Crippen LogP contribution < -0.4 is 5.32 Å². The summed E-state index contributed by atoms with van der Waals surface area (Å²) < 4.78 is 5.94. The molecule has 0 saturated carbocycles. The van der Waals surface area contributed by atoms with Crippen molar-refractivity contribution in [2.24, 2.45) is 0 Å². The summed E-state index contributed by atoms with van der Waals surface area (Å²) in [4.78, 5) is 28.2. The molecule has 5 nitrogen and oxygen atoms in total. The van der Waals surface area contributed by atoms with Gasteiger partial charge in [0, 0.05) is 9.75 Å². The van der Waals surface area contributed by atoms with Gasteiger partial charge in [-0.1, -0.05) is 30.7 Å². The molecule has 2 aromatic heterocycles. The molecule has 1 N–H and O–H groups in total. The number of aryl methyl sites for hydroxylation is 2. The topological polar surface area (TPSA) is 79.2 Å². The highest BCUT2D eigenvalue weighted by atomic mass is 32.2. The Morgan fingerprint density at radius 2 is 1.89 bits per heavy atom. The minimum absolute atomic E-state index is 0.174. The fourth-order valence-corrected chi connectivity index (χ4v) is 8.91. The molecule has 180 valence electrons. The van der Waals surface area contributed by atoms with Crippen molar-refractivity contribution >= 4 is 51.3 Å². The fraction of sp³-hybridized carbons (Fsp3) is 0.370. The number of carbonyl (C=O) groups excluding carboxylic acids is 2. The van der Waals surface area contributed by atoms with Crippen molar-refractivity contribution in [3.8, 4) is 16.5 Å². The Hall–Kier alpha value is -2.60. The van der Waals surface area contributed by atoms with Gasteiger partial charge in [0.2, 0.25) is 5.91 Å². The van der Waals surface area contributed by atoms with Crippen LogP contribution in [0.25, 0.3) is 10.4 Å². The van der Waals surface area contributed by atoms with Gasteiger partial charge in [-0.2, -0.15) is 5.26 Å². The third kappa shape index (κ3) is 4.53. The van der Waals surface area contributed by atoms with E-state index in [0.717, 1.165) is 65.2 Å². The molecule has 8 heteroatoms. The summed E-state index contributed by atoms with van der Waals surface area (Å²) in [5.41, 5.74) is 5.85. The summed E-state index contributed by atoms with van der Waals surface area (Å²) in [5.74, 6) is -0.566. The van der Waals surface area contributed by atoms with E-state index >= 15 is 0 Å². The monoisotopic (exact) mass is 522 g/mol. The molecular formula is C27H26N2O3S3. The molecule has 2 aliphatic carbocycles. The number of esters is 1. The van der Waals surface area contributed by atoms with Crippen molar-refractivity contribution in [1.82, 2.24) is 0 Å². The van der Waals surface area contributed by atoms with Crippen molar-refractivity contribution in [2.45, 2.75) is 61.3 Å². The van der Waals surface area contributed by atoms with Crippen LogP contribution in [0.15, 0.2) is 28.5 Å². The molecule has 35 heavy (non-hydrogen) atoms. The zero-order chi connectivity index (χ0) is 24.5. The first-order chi connectivity index (χ1) is 17.0. The summed E-state index contributed by atoms with van der Waals surface area (Å²) >= 11 is 4.53. The van der Waals surface area contributed by atoms with Gasteiger partial charge in [-0.05, 0) is 67.7 Å². The van der Waals surface area contributed by atoms with Crippen molar-refractivity contribution in [1.29, 1.82) is 5.26 Å². The molecule has 0 radical (unpaired) electrons. The molecule has 0 bridgehead atoms. The van der Waals surface area contributed by atoms with Gasteiger partial charge in [-0.3, -0.25) is 4.79 Å². The van der Waals surface area contributed by atoms with Crippen molar-refractivity contribution in [2.75, 3.05) is 12.4 Å². The van der Waals surface area contributed by atoms with Gasteiger partial charge >= 0.3 is 5.97 Å². The Balaban J connectivity index is 1.39. The SMILES string of the molecule is COC(=O)c1c(NC(=O)C(C)Sc2sc3c(c2C#N)CCc2ccccc2-3)sc2c1CCCCC2. The number of rotatable bonds is 5. The van der Waals surface area contributed by atoms with E-state index in [1.165, 1.54) is 46.2 Å². The molecule has 0 aliphatic heterocycles. The van der Waals surface area contributed by atoms with Gasteiger partial charge in [0.1, 0.15) is 11.1 Å². The molecular weight excluding hydrogens is 497 g/mol. The molecule has 0 saturated heterocycles. The molecule has 5 rings (SSSR count). The highest BCUT2D eigenvalue weighted by Crippen LogP contribution is 2.47. The van der Waals surface area contributed by atoms with Gasteiger partial charge in [0.05, 0.1) is 27.7 Å². The van der Waals surface area contributed by atoms with Crippen LogP contribution in [-0.4, -0.2) is 24.2 Å². The maximum absolute atomic E-state index is 13.2. The normalized spacial score (nSPS) is 15.1. The van der Waals surface area contributed by atoms with E-state index in [1.807, 2.05) is 13.0 Å². The molecule has 1 atom stereocenters. The van der Waals surface area contributed by atoms with Crippen molar-refractivity contribution in [3.63, 3.8) is 0 Å². The van der Waals surface area contributed by atoms with Crippen molar-refractivity contribution < 1.29 is 14.3 Å². The number of thioether (sulfide) groups is 1. The first-order valence-corrected chi connectivity index (χ1v) is 14.4. The maximum Gasteiger partial charge on any atom is 0.341 e. The number of hydrogen-bond acceptors (Lipinski definition) is 7. The second-order valence-electron chi connectivity index (χ2n) is 8.85. The second-order valence-corrected chi connectivity index (χ2v) is 12.6. The Kier molecular flexibility index (Phi) is 7.01. The summed E-state index contributed by atoms with van der Waals surface area (Å²) in [7, 11) is 1.38. The number of hydrogen-bond donors (Lipinski definition) is 1. The van der Waals surface area contributed by atoms with Gasteiger partial charge < -0.3 is 10.1 Å². The minimum atomic E-state index is -0.426. The van der Waals surface area contributed by atoms with Crippen LogP contribution in [0.4, 0.5) is 5.00 Å². The number of anilines is 1. The average Bonchev–Trinajstić information content (AvgIpc) is 3.31. The van der Waals surface area contributed by atoms with E-state index < -0.39 is 11.2 Å². The van der Waals surface area contributed by atoms with Gasteiger partial charge in [-0.25, -0.2) is 4.79 Å². The van der Waals surface area contributed by atoms with E-state index in [-0.39, 0.29) is 5.91 Å². The zero-order valence-electron chi connectivity index (χ0n) is 19.7. The van der Waals surface area contributed by atoms with E-state index in [4.69, 9.17) is 4.74 Å². The van der Waals surface area contributed by atoms with Crippen LogP contribution in [0.5, 0.6) is 0 Å². The van der Waals surface area contributed by atoms with Crippen LogP contribution >= 0.6 is 34.4 Å². The van der Waals surface area contributed by atoms with Crippen molar-refractivity contribution in [3.05, 3.63) is 57.0 Å². The highest BCUT2D eigenvalue weighted by molar-refractivity contribution is 8.02. The van der Waals surface area contributed by atoms with Gasteiger partial charge in [0.25, 0.3) is 0 Å². The molecule has 2 aliphatic rings. The summed E-state index contributed by atoms with van der Waals surface area (Å²) in [6.45, 7) is 1.85. The van der Waals surface area contributed by atoms with E-state index in [2.05, 4.69) is 29.6 Å². The number of benzene rings is 1. The fourth-order valence-electron chi connectivity index (χ4n) is 4.89. The predicted octanol–water partition coefficient (Wildman–Crippen LogP) is 6.62. The highest BCUT2D eigenvalue weighted by Gasteiger charge is 2.29. The number of nitriles is 1. The Morgan fingerprint density at radius 1 is 1.09 bits per heavy atom. The van der Waals surface area contributed by atoms with Gasteiger partial charge in [0.15, 0.2) is 0 Å². The molecule has 0 fully saturated rings.